The molecule has 0 radical (unpaired) electrons. The maximum Gasteiger partial charge on any atom is 0.167 e. The number of carbonyl (C=O) groups excluding carboxylic acids is 2. The number of hydrogen-bond donors (Lipinski definition) is 0. The van der Waals surface area contributed by atoms with Crippen LogP contribution in [0.25, 0.3) is 0 Å². The van der Waals surface area contributed by atoms with E-state index in [1.165, 1.54) is 13.0 Å². The minimum Gasteiger partial charge on any atom is -0.488 e. The molecule has 0 fully saturated rings. The first-order valence-corrected chi connectivity index (χ1v) is 9.05. The fraction of sp³-hybridized carbons (Fsp3) is 0.300. The zero-order valence-electron chi connectivity index (χ0n) is 14.9. The second-order valence-corrected chi connectivity index (χ2v) is 6.21. The van der Waals surface area contributed by atoms with Crippen LogP contribution in [0.5, 0.6) is 5.75 Å². The van der Waals surface area contributed by atoms with Crippen LogP contribution in [0.1, 0.15) is 49.5 Å². The number of benzene rings is 2. The zero-order valence-corrected chi connectivity index (χ0v) is 16.5. The molecule has 6 heteroatoms. The summed E-state index contributed by atoms with van der Waals surface area (Å²) in [5.74, 6) is -1.40. The average Bonchev–Trinajstić information content (AvgIpc) is 2.61. The summed E-state index contributed by atoms with van der Waals surface area (Å²) in [6.45, 7) is 5.28. The van der Waals surface area contributed by atoms with Gasteiger partial charge in [0.25, 0.3) is 0 Å². The van der Waals surface area contributed by atoms with E-state index < -0.39 is 11.6 Å². The van der Waals surface area contributed by atoms with Gasteiger partial charge >= 0.3 is 0 Å². The first-order chi connectivity index (χ1) is 12.4. The highest BCUT2D eigenvalue weighted by atomic mass is 79.9. The number of halogens is 3. The van der Waals surface area contributed by atoms with Crippen LogP contribution in [0.2, 0.25) is 0 Å². The summed E-state index contributed by atoms with van der Waals surface area (Å²) in [5.41, 5.74) is 0.495. The number of Topliss-reactive ketones (excluding diaryl/α,β-unsaturated/α-hetero) is 2. The molecule has 2 rings (SSSR count). The third-order valence-corrected chi connectivity index (χ3v) is 3.84. The van der Waals surface area contributed by atoms with Crippen molar-refractivity contribution < 1.29 is 23.1 Å². The molecule has 0 atom stereocenters. The number of ether oxygens (including phenoxy) is 1. The molecular formula is C20H21BrF2O3. The Morgan fingerprint density at radius 1 is 1.04 bits per heavy atom. The number of carbonyl (C=O) groups is 2. The summed E-state index contributed by atoms with van der Waals surface area (Å²) < 4.78 is 32.8. The van der Waals surface area contributed by atoms with E-state index in [-0.39, 0.29) is 42.3 Å². The maximum atomic E-state index is 13.7. The van der Waals surface area contributed by atoms with Gasteiger partial charge in [0.05, 0.1) is 5.56 Å². The molecule has 0 heterocycles. The molecule has 0 N–H and O–H groups in total. The van der Waals surface area contributed by atoms with Crippen molar-refractivity contribution in [2.75, 3.05) is 0 Å². The van der Waals surface area contributed by atoms with Gasteiger partial charge in [-0.25, -0.2) is 8.78 Å². The van der Waals surface area contributed by atoms with Gasteiger partial charge in [0.15, 0.2) is 5.78 Å². The molecular weight excluding hydrogens is 406 g/mol. The molecule has 0 saturated carbocycles. The van der Waals surface area contributed by atoms with Crippen molar-refractivity contribution in [3.63, 3.8) is 0 Å². The molecule has 0 amide bonds. The Bertz CT molecular complexity index is 776. The molecule has 3 nitrogen and oxygen atoms in total. The fourth-order valence-electron chi connectivity index (χ4n) is 2.06. The summed E-state index contributed by atoms with van der Waals surface area (Å²) in [7, 11) is 0. The quantitative estimate of drug-likeness (QED) is 0.518. The Balaban J connectivity index is 0.00000163. The van der Waals surface area contributed by atoms with E-state index in [1.807, 2.05) is 13.8 Å². The first kappa shape index (κ1) is 22.0. The second kappa shape index (κ2) is 10.8. The SMILES string of the molecule is CC.CC(=O)CCC(=O)c1cc(Br)ccc1OCc1ccc(F)cc1F. The van der Waals surface area contributed by atoms with Gasteiger partial charge in [-0.3, -0.25) is 4.79 Å². The molecule has 0 unspecified atom stereocenters. The van der Waals surface area contributed by atoms with E-state index in [0.29, 0.717) is 10.0 Å². The Hall–Kier alpha value is -2.08. The highest BCUT2D eigenvalue weighted by molar-refractivity contribution is 9.10. The number of rotatable bonds is 7. The smallest absolute Gasteiger partial charge is 0.167 e. The monoisotopic (exact) mass is 426 g/mol. The molecule has 26 heavy (non-hydrogen) atoms. The van der Waals surface area contributed by atoms with Crippen molar-refractivity contribution in [2.24, 2.45) is 0 Å². The summed E-state index contributed by atoms with van der Waals surface area (Å²) in [6, 6.07) is 8.09. The highest BCUT2D eigenvalue weighted by Crippen LogP contribution is 2.26. The highest BCUT2D eigenvalue weighted by Gasteiger charge is 2.15. The van der Waals surface area contributed by atoms with Crippen LogP contribution in [0, 0.1) is 11.6 Å². The molecule has 0 aliphatic carbocycles. The van der Waals surface area contributed by atoms with Crippen molar-refractivity contribution in [2.45, 2.75) is 40.2 Å². The molecule has 0 aliphatic heterocycles. The molecule has 0 bridgehead atoms. The van der Waals surface area contributed by atoms with Gasteiger partial charge in [-0.15, -0.1) is 0 Å². The zero-order chi connectivity index (χ0) is 19.7. The van der Waals surface area contributed by atoms with Crippen LogP contribution in [0.4, 0.5) is 8.78 Å². The standard InChI is InChI=1S/C18H15BrF2O3.C2H6/c1-11(22)2-6-17(23)15-8-13(19)4-7-18(15)24-10-12-3-5-14(20)9-16(12)21;1-2/h3-5,7-9H,2,6,10H2,1H3;1-2H3. The van der Waals surface area contributed by atoms with Crippen LogP contribution in [0.15, 0.2) is 40.9 Å². The summed E-state index contributed by atoms with van der Waals surface area (Å²) in [5, 5.41) is 0. The largest absolute Gasteiger partial charge is 0.488 e. The first-order valence-electron chi connectivity index (χ1n) is 8.25. The maximum absolute atomic E-state index is 13.7. The van der Waals surface area contributed by atoms with Crippen LogP contribution in [-0.2, 0) is 11.4 Å². The summed E-state index contributed by atoms with van der Waals surface area (Å²) >= 11 is 3.28. The lowest BCUT2D eigenvalue weighted by Gasteiger charge is -2.12. The molecule has 2 aromatic rings. The van der Waals surface area contributed by atoms with Gasteiger partial charge in [-0.2, -0.15) is 0 Å². The van der Waals surface area contributed by atoms with Gasteiger partial charge < -0.3 is 9.53 Å². The van der Waals surface area contributed by atoms with E-state index in [2.05, 4.69) is 15.9 Å². The molecule has 0 aliphatic rings. The van der Waals surface area contributed by atoms with Gasteiger partial charge in [0.1, 0.15) is 29.8 Å². The Morgan fingerprint density at radius 2 is 1.73 bits per heavy atom. The minimum absolute atomic E-state index is 0.0748. The normalized spacial score (nSPS) is 9.92. The topological polar surface area (TPSA) is 43.4 Å². The van der Waals surface area contributed by atoms with Crippen molar-refractivity contribution >= 4 is 27.5 Å². The Morgan fingerprint density at radius 3 is 2.35 bits per heavy atom. The Labute approximate surface area is 160 Å². The van der Waals surface area contributed by atoms with Crippen LogP contribution in [0.3, 0.4) is 0 Å². The van der Waals surface area contributed by atoms with Gasteiger partial charge in [-0.05, 0) is 37.3 Å². The summed E-state index contributed by atoms with van der Waals surface area (Å²) in [4.78, 5) is 23.3. The molecule has 2 aromatic carbocycles. The van der Waals surface area contributed by atoms with Gasteiger partial charge in [0, 0.05) is 28.9 Å². The van der Waals surface area contributed by atoms with E-state index in [9.17, 15) is 18.4 Å². The third kappa shape index (κ3) is 6.67. The van der Waals surface area contributed by atoms with Crippen molar-refractivity contribution in [1.29, 1.82) is 0 Å². The van der Waals surface area contributed by atoms with Crippen molar-refractivity contribution in [1.82, 2.24) is 0 Å². The van der Waals surface area contributed by atoms with E-state index in [4.69, 9.17) is 4.74 Å². The lowest BCUT2D eigenvalue weighted by atomic mass is 10.0. The fourth-order valence-corrected chi connectivity index (χ4v) is 2.43. The minimum atomic E-state index is -0.712. The summed E-state index contributed by atoms with van der Waals surface area (Å²) in [6.07, 6.45) is 0.227. The Kier molecular flexibility index (Phi) is 9.13. The van der Waals surface area contributed by atoms with Crippen LogP contribution >= 0.6 is 15.9 Å². The molecule has 0 spiro atoms. The molecule has 0 saturated heterocycles. The second-order valence-electron chi connectivity index (χ2n) is 5.29. The van der Waals surface area contributed by atoms with E-state index >= 15 is 0 Å². The molecule has 0 aromatic heterocycles. The predicted octanol–water partition coefficient (Wildman–Crippen LogP) is 5.88. The number of ketones is 2. The van der Waals surface area contributed by atoms with E-state index in [1.54, 1.807) is 18.2 Å². The number of hydrogen-bond acceptors (Lipinski definition) is 3. The molecule has 140 valence electrons. The van der Waals surface area contributed by atoms with Gasteiger partial charge in [0.2, 0.25) is 0 Å². The van der Waals surface area contributed by atoms with Crippen molar-refractivity contribution in [3.05, 3.63) is 63.6 Å². The lowest BCUT2D eigenvalue weighted by molar-refractivity contribution is -0.116. The van der Waals surface area contributed by atoms with Gasteiger partial charge in [-0.1, -0.05) is 29.8 Å². The van der Waals surface area contributed by atoms with Crippen molar-refractivity contribution in [3.8, 4) is 5.75 Å². The average molecular weight is 427 g/mol. The predicted molar refractivity (Wildman–Crippen MR) is 100 cm³/mol. The van der Waals surface area contributed by atoms with Crippen LogP contribution in [-0.4, -0.2) is 11.6 Å². The van der Waals surface area contributed by atoms with Crippen LogP contribution < -0.4 is 4.74 Å². The van der Waals surface area contributed by atoms with E-state index in [0.717, 1.165) is 12.1 Å². The lowest BCUT2D eigenvalue weighted by Crippen LogP contribution is -2.07. The third-order valence-electron chi connectivity index (χ3n) is 3.34.